The second-order valence-electron chi connectivity index (χ2n) is 4.12. The van der Waals surface area contributed by atoms with Gasteiger partial charge in [-0.25, -0.2) is 9.67 Å². The molecule has 0 saturated heterocycles. The highest BCUT2D eigenvalue weighted by Gasteiger charge is 2.07. The van der Waals surface area contributed by atoms with Crippen LogP contribution in [0.3, 0.4) is 0 Å². The zero-order valence-electron chi connectivity index (χ0n) is 10.1. The largest absolute Gasteiger partial charge is 0.220 e. The number of hydrogen-bond donors (Lipinski definition) is 0. The molecule has 0 unspecified atom stereocenters. The molecule has 0 spiro atoms. The van der Waals surface area contributed by atoms with E-state index in [4.69, 9.17) is 0 Å². The molecule has 0 aliphatic heterocycles. The number of rotatable bonds is 2. The lowest BCUT2D eigenvalue weighted by atomic mass is 10.0. The maximum Gasteiger partial charge on any atom is 0.147 e. The van der Waals surface area contributed by atoms with Crippen molar-refractivity contribution in [1.82, 2.24) is 14.8 Å². The highest BCUT2D eigenvalue weighted by atomic mass is 15.3. The van der Waals surface area contributed by atoms with E-state index >= 15 is 0 Å². The molecule has 18 heavy (non-hydrogen) atoms. The fourth-order valence-corrected chi connectivity index (χ4v) is 2.00. The van der Waals surface area contributed by atoms with E-state index in [9.17, 15) is 0 Å². The third kappa shape index (κ3) is 1.91. The zero-order chi connectivity index (χ0) is 12.4. The van der Waals surface area contributed by atoms with Crippen molar-refractivity contribution in [2.24, 2.45) is 0 Å². The van der Waals surface area contributed by atoms with Crippen molar-refractivity contribution < 1.29 is 0 Å². The van der Waals surface area contributed by atoms with E-state index in [1.54, 1.807) is 6.33 Å². The molecule has 1 aromatic heterocycles. The summed E-state index contributed by atoms with van der Waals surface area (Å²) in [6.45, 7) is 1.89. The second kappa shape index (κ2) is 4.45. The Morgan fingerprint density at radius 3 is 2.33 bits per heavy atom. The maximum absolute atomic E-state index is 4.37. The summed E-state index contributed by atoms with van der Waals surface area (Å²) in [5.74, 6) is 0.776. The van der Waals surface area contributed by atoms with E-state index < -0.39 is 0 Å². The standard InChI is InChI=1S/C15H13N3/c1-12-16-11-18(17-12)15-10-6-5-9-14(15)13-7-3-2-4-8-13/h2-11H,1H3. The molecule has 0 atom stereocenters. The Hall–Kier alpha value is -2.42. The predicted octanol–water partition coefficient (Wildman–Crippen LogP) is 3.24. The summed E-state index contributed by atoms with van der Waals surface area (Å²) >= 11 is 0. The Morgan fingerprint density at radius 2 is 1.61 bits per heavy atom. The van der Waals surface area contributed by atoms with Crippen molar-refractivity contribution >= 4 is 0 Å². The molecule has 0 radical (unpaired) electrons. The molecule has 3 heteroatoms. The monoisotopic (exact) mass is 235 g/mol. The van der Waals surface area contributed by atoms with Crippen LogP contribution in [0.4, 0.5) is 0 Å². The van der Waals surface area contributed by atoms with Gasteiger partial charge in [-0.1, -0.05) is 48.5 Å². The number of aromatic nitrogens is 3. The summed E-state index contributed by atoms with van der Waals surface area (Å²) in [4.78, 5) is 4.18. The van der Waals surface area contributed by atoms with Crippen LogP contribution in [0.25, 0.3) is 16.8 Å². The van der Waals surface area contributed by atoms with Crippen molar-refractivity contribution in [3.8, 4) is 16.8 Å². The van der Waals surface area contributed by atoms with Crippen LogP contribution in [-0.2, 0) is 0 Å². The fourth-order valence-electron chi connectivity index (χ4n) is 2.00. The molecule has 3 aromatic rings. The Morgan fingerprint density at radius 1 is 0.889 bits per heavy atom. The van der Waals surface area contributed by atoms with Gasteiger partial charge in [0.1, 0.15) is 12.2 Å². The van der Waals surface area contributed by atoms with Crippen molar-refractivity contribution in [3.63, 3.8) is 0 Å². The molecule has 0 aliphatic rings. The number of aryl methyl sites for hydroxylation is 1. The van der Waals surface area contributed by atoms with E-state index in [1.165, 1.54) is 5.56 Å². The molecule has 2 aromatic carbocycles. The average molecular weight is 235 g/mol. The van der Waals surface area contributed by atoms with Gasteiger partial charge in [-0.05, 0) is 18.6 Å². The van der Waals surface area contributed by atoms with Gasteiger partial charge in [0.05, 0.1) is 5.69 Å². The summed E-state index contributed by atoms with van der Waals surface area (Å²) in [6, 6.07) is 18.5. The minimum absolute atomic E-state index is 0.776. The normalized spacial score (nSPS) is 10.5. The van der Waals surface area contributed by atoms with Crippen LogP contribution in [0.2, 0.25) is 0 Å². The number of hydrogen-bond acceptors (Lipinski definition) is 2. The van der Waals surface area contributed by atoms with Crippen LogP contribution in [0.1, 0.15) is 5.82 Å². The minimum atomic E-state index is 0.776. The molecule has 0 N–H and O–H groups in total. The van der Waals surface area contributed by atoms with Crippen LogP contribution in [0.5, 0.6) is 0 Å². The van der Waals surface area contributed by atoms with Gasteiger partial charge in [0.25, 0.3) is 0 Å². The first-order chi connectivity index (χ1) is 8.84. The molecule has 0 amide bonds. The van der Waals surface area contributed by atoms with Gasteiger partial charge >= 0.3 is 0 Å². The molecular weight excluding hydrogens is 222 g/mol. The predicted molar refractivity (Wildman–Crippen MR) is 71.5 cm³/mol. The Kier molecular flexibility index (Phi) is 2.65. The topological polar surface area (TPSA) is 30.7 Å². The van der Waals surface area contributed by atoms with Crippen molar-refractivity contribution in [1.29, 1.82) is 0 Å². The van der Waals surface area contributed by atoms with Gasteiger partial charge in [-0.3, -0.25) is 0 Å². The summed E-state index contributed by atoms with van der Waals surface area (Å²) < 4.78 is 1.82. The Labute approximate surface area is 106 Å². The van der Waals surface area contributed by atoms with Gasteiger partial charge in [0, 0.05) is 5.56 Å². The van der Waals surface area contributed by atoms with Crippen molar-refractivity contribution in [3.05, 3.63) is 66.7 Å². The first kappa shape index (κ1) is 10.7. The lowest BCUT2D eigenvalue weighted by Crippen LogP contribution is -1.97. The molecule has 1 heterocycles. The van der Waals surface area contributed by atoms with E-state index in [2.05, 4.69) is 34.3 Å². The van der Waals surface area contributed by atoms with E-state index in [0.717, 1.165) is 17.1 Å². The lowest BCUT2D eigenvalue weighted by Gasteiger charge is -2.08. The molecule has 0 fully saturated rings. The molecular formula is C15H13N3. The molecule has 0 aliphatic carbocycles. The lowest BCUT2D eigenvalue weighted by molar-refractivity contribution is 0.864. The minimum Gasteiger partial charge on any atom is -0.220 e. The summed E-state index contributed by atoms with van der Waals surface area (Å²) in [6.07, 6.45) is 1.75. The fraction of sp³-hybridized carbons (Fsp3) is 0.0667. The summed E-state index contributed by atoms with van der Waals surface area (Å²) in [5, 5.41) is 4.37. The molecule has 88 valence electrons. The Bertz CT molecular complexity index is 656. The van der Waals surface area contributed by atoms with Gasteiger partial charge < -0.3 is 0 Å². The number of para-hydroxylation sites is 1. The van der Waals surface area contributed by atoms with Gasteiger partial charge in [-0.2, -0.15) is 5.10 Å². The maximum atomic E-state index is 4.37. The number of benzene rings is 2. The average Bonchev–Trinajstić information content (AvgIpc) is 2.86. The highest BCUT2D eigenvalue weighted by Crippen LogP contribution is 2.25. The molecule has 3 rings (SSSR count). The van der Waals surface area contributed by atoms with Crippen LogP contribution in [0, 0.1) is 6.92 Å². The third-order valence-electron chi connectivity index (χ3n) is 2.84. The van der Waals surface area contributed by atoms with Gasteiger partial charge in [-0.15, -0.1) is 0 Å². The van der Waals surface area contributed by atoms with Crippen LogP contribution < -0.4 is 0 Å². The Balaban J connectivity index is 2.17. The highest BCUT2D eigenvalue weighted by molar-refractivity contribution is 5.72. The number of nitrogens with zero attached hydrogens (tertiary/aromatic N) is 3. The molecule has 0 bridgehead atoms. The second-order valence-corrected chi connectivity index (χ2v) is 4.12. The molecule has 3 nitrogen and oxygen atoms in total. The SMILES string of the molecule is Cc1ncn(-c2ccccc2-c2ccccc2)n1. The van der Waals surface area contributed by atoms with Crippen molar-refractivity contribution in [2.75, 3.05) is 0 Å². The molecule has 0 saturated carbocycles. The van der Waals surface area contributed by atoms with Gasteiger partial charge in [0.15, 0.2) is 0 Å². The smallest absolute Gasteiger partial charge is 0.147 e. The van der Waals surface area contributed by atoms with Crippen molar-refractivity contribution in [2.45, 2.75) is 6.92 Å². The van der Waals surface area contributed by atoms with Gasteiger partial charge in [0.2, 0.25) is 0 Å². The van der Waals surface area contributed by atoms with Crippen LogP contribution >= 0.6 is 0 Å². The van der Waals surface area contributed by atoms with E-state index in [1.807, 2.05) is 41.9 Å². The quantitative estimate of drug-likeness (QED) is 0.682. The summed E-state index contributed by atoms with van der Waals surface area (Å²) in [7, 11) is 0. The van der Waals surface area contributed by atoms with E-state index in [-0.39, 0.29) is 0 Å². The first-order valence-electron chi connectivity index (χ1n) is 5.88. The summed E-state index contributed by atoms with van der Waals surface area (Å²) in [5.41, 5.74) is 3.38. The zero-order valence-corrected chi connectivity index (χ0v) is 10.1. The third-order valence-corrected chi connectivity index (χ3v) is 2.84. The van der Waals surface area contributed by atoms with E-state index in [0.29, 0.717) is 0 Å². The first-order valence-corrected chi connectivity index (χ1v) is 5.88. The van der Waals surface area contributed by atoms with Crippen LogP contribution in [-0.4, -0.2) is 14.8 Å². The van der Waals surface area contributed by atoms with Crippen LogP contribution in [0.15, 0.2) is 60.9 Å².